The lowest BCUT2D eigenvalue weighted by Gasteiger charge is -2.05. The summed E-state index contributed by atoms with van der Waals surface area (Å²) in [5.41, 5.74) is 6.03. The Bertz CT molecular complexity index is 837. The summed E-state index contributed by atoms with van der Waals surface area (Å²) in [7, 11) is 0. The van der Waals surface area contributed by atoms with Crippen LogP contribution in [0, 0.1) is 6.92 Å². The summed E-state index contributed by atoms with van der Waals surface area (Å²) in [6, 6.07) is 16.7. The number of hydrogen-bond acceptors (Lipinski definition) is 2. The maximum Gasteiger partial charge on any atom is 0.141 e. The van der Waals surface area contributed by atoms with Crippen LogP contribution in [-0.4, -0.2) is 16.2 Å². The molecule has 0 amide bonds. The first-order valence-electron chi connectivity index (χ1n) is 7.66. The van der Waals surface area contributed by atoms with Crippen molar-refractivity contribution in [2.24, 2.45) is 0 Å². The molecule has 0 bridgehead atoms. The van der Waals surface area contributed by atoms with E-state index < -0.39 is 0 Å². The Kier molecular flexibility index (Phi) is 4.26. The molecule has 0 atom stereocenters. The number of hydrogen-bond donors (Lipinski definition) is 0. The quantitative estimate of drug-likeness (QED) is 0.544. The molecule has 0 spiro atoms. The van der Waals surface area contributed by atoms with Crippen LogP contribution in [0.1, 0.15) is 18.2 Å². The minimum atomic E-state index is 0. The van der Waals surface area contributed by atoms with Gasteiger partial charge in [0.15, 0.2) is 0 Å². The van der Waals surface area contributed by atoms with Crippen molar-refractivity contribution in [3.63, 3.8) is 0 Å². The number of rotatable bonds is 3. The van der Waals surface area contributed by atoms with Crippen molar-refractivity contribution < 1.29 is 21.7 Å². The number of aromatic nitrogens is 2. The first-order chi connectivity index (χ1) is 10.8. The molecular weight excluding hydrogens is 352 g/mol. The Labute approximate surface area is 146 Å². The second-order valence-corrected chi connectivity index (χ2v) is 5.57. The van der Waals surface area contributed by atoms with Crippen molar-refractivity contribution in [3.05, 3.63) is 59.8 Å². The molecule has 2 aromatic carbocycles. The molecule has 23 heavy (non-hydrogen) atoms. The van der Waals surface area contributed by atoms with Crippen LogP contribution in [0.4, 0.5) is 0 Å². The first kappa shape index (κ1) is 15.8. The van der Waals surface area contributed by atoms with Crippen LogP contribution in [0.3, 0.4) is 0 Å². The predicted molar refractivity (Wildman–Crippen MR) is 88.1 cm³/mol. The highest BCUT2D eigenvalue weighted by atomic mass is 79.9. The smallest absolute Gasteiger partial charge is 0.141 e. The van der Waals surface area contributed by atoms with Gasteiger partial charge in [0.1, 0.15) is 11.6 Å². The number of nitrogens with zero attached hydrogens (tertiary/aromatic N) is 2. The van der Waals surface area contributed by atoms with Crippen molar-refractivity contribution in [1.29, 1.82) is 0 Å². The molecule has 0 fully saturated rings. The van der Waals surface area contributed by atoms with Crippen LogP contribution in [0.15, 0.2) is 48.5 Å². The van der Waals surface area contributed by atoms with E-state index in [9.17, 15) is 0 Å². The fourth-order valence-corrected chi connectivity index (χ4v) is 3.13. The molecule has 3 nitrogen and oxygen atoms in total. The minimum absolute atomic E-state index is 0. The fourth-order valence-electron chi connectivity index (χ4n) is 3.13. The molecule has 2 heterocycles. The lowest BCUT2D eigenvalue weighted by molar-refractivity contribution is -0.00000506. The Hall–Kier alpha value is -2.07. The third kappa shape index (κ3) is 2.57. The molecule has 1 aliphatic heterocycles. The Morgan fingerprint density at radius 1 is 1.09 bits per heavy atom. The van der Waals surface area contributed by atoms with E-state index in [-0.39, 0.29) is 17.0 Å². The maximum absolute atomic E-state index is 5.51. The lowest BCUT2D eigenvalue weighted by atomic mass is 10.1. The van der Waals surface area contributed by atoms with E-state index in [4.69, 9.17) is 9.72 Å². The zero-order valence-corrected chi connectivity index (χ0v) is 14.8. The molecule has 0 unspecified atom stereocenters. The van der Waals surface area contributed by atoms with Gasteiger partial charge in [0.2, 0.25) is 0 Å². The van der Waals surface area contributed by atoms with E-state index in [0.29, 0.717) is 6.61 Å². The predicted octanol–water partition coefficient (Wildman–Crippen LogP) is 1.29. The molecule has 0 saturated carbocycles. The highest BCUT2D eigenvalue weighted by Gasteiger charge is 2.24. The second kappa shape index (κ2) is 6.20. The molecule has 118 valence electrons. The van der Waals surface area contributed by atoms with Gasteiger partial charge in [-0.25, -0.2) is 4.98 Å². The second-order valence-electron chi connectivity index (χ2n) is 5.57. The van der Waals surface area contributed by atoms with Gasteiger partial charge in [0.05, 0.1) is 18.8 Å². The highest BCUT2D eigenvalue weighted by molar-refractivity contribution is 5.72. The van der Waals surface area contributed by atoms with Gasteiger partial charge in [0.25, 0.3) is 0 Å². The zero-order chi connectivity index (χ0) is 15.1. The Morgan fingerprint density at radius 3 is 2.57 bits per heavy atom. The molecule has 4 rings (SSSR count). The molecule has 1 aromatic heterocycles. The SMILES string of the molecule is CCOc1ccc(-c2nc3n(c2C)Cc2ccccc2-3)cc1.[Br-]. The lowest BCUT2D eigenvalue weighted by Crippen LogP contribution is -3.00. The summed E-state index contributed by atoms with van der Waals surface area (Å²) < 4.78 is 7.81. The van der Waals surface area contributed by atoms with Crippen LogP contribution in [0.25, 0.3) is 22.6 Å². The summed E-state index contributed by atoms with van der Waals surface area (Å²) in [4.78, 5) is 4.90. The van der Waals surface area contributed by atoms with Gasteiger partial charge >= 0.3 is 0 Å². The number of imidazole rings is 1. The topological polar surface area (TPSA) is 27.1 Å². The van der Waals surface area contributed by atoms with Gasteiger partial charge in [-0.3, -0.25) is 0 Å². The van der Waals surface area contributed by atoms with Gasteiger partial charge < -0.3 is 26.3 Å². The molecule has 0 N–H and O–H groups in total. The summed E-state index contributed by atoms with van der Waals surface area (Å²) in [6.07, 6.45) is 0. The van der Waals surface area contributed by atoms with E-state index in [1.54, 1.807) is 0 Å². The highest BCUT2D eigenvalue weighted by Crippen LogP contribution is 2.36. The van der Waals surface area contributed by atoms with Crippen molar-refractivity contribution >= 4 is 0 Å². The van der Waals surface area contributed by atoms with E-state index in [1.165, 1.54) is 16.8 Å². The molecular formula is C19H18BrN2O-. The average Bonchev–Trinajstić information content (AvgIpc) is 3.06. The summed E-state index contributed by atoms with van der Waals surface area (Å²) in [6.45, 7) is 5.75. The molecule has 3 aromatic rings. The van der Waals surface area contributed by atoms with Crippen molar-refractivity contribution in [2.45, 2.75) is 20.4 Å². The van der Waals surface area contributed by atoms with Crippen LogP contribution in [0.2, 0.25) is 0 Å². The van der Waals surface area contributed by atoms with Crippen molar-refractivity contribution in [1.82, 2.24) is 9.55 Å². The summed E-state index contributed by atoms with van der Waals surface area (Å²) in [5.74, 6) is 1.98. The van der Waals surface area contributed by atoms with E-state index in [0.717, 1.165) is 29.4 Å². The van der Waals surface area contributed by atoms with Gasteiger partial charge in [-0.15, -0.1) is 0 Å². The van der Waals surface area contributed by atoms with Crippen molar-refractivity contribution in [3.8, 4) is 28.4 Å². The number of ether oxygens (including phenoxy) is 1. The fraction of sp³-hybridized carbons (Fsp3) is 0.211. The Morgan fingerprint density at radius 2 is 1.83 bits per heavy atom. The van der Waals surface area contributed by atoms with Crippen molar-refractivity contribution in [2.75, 3.05) is 6.61 Å². The van der Waals surface area contributed by atoms with Crippen LogP contribution < -0.4 is 21.7 Å². The summed E-state index contributed by atoms with van der Waals surface area (Å²) >= 11 is 0. The van der Waals surface area contributed by atoms with E-state index in [1.807, 2.05) is 19.1 Å². The van der Waals surface area contributed by atoms with Gasteiger partial charge in [-0.05, 0) is 43.7 Å². The molecule has 0 aliphatic carbocycles. The van der Waals surface area contributed by atoms with Gasteiger partial charge in [-0.1, -0.05) is 24.3 Å². The number of benzene rings is 2. The maximum atomic E-state index is 5.51. The first-order valence-corrected chi connectivity index (χ1v) is 7.66. The van der Waals surface area contributed by atoms with Crippen LogP contribution in [-0.2, 0) is 6.54 Å². The molecule has 4 heteroatoms. The van der Waals surface area contributed by atoms with E-state index >= 15 is 0 Å². The minimum Gasteiger partial charge on any atom is -1.00 e. The van der Waals surface area contributed by atoms with Crippen LogP contribution in [0.5, 0.6) is 5.75 Å². The normalized spacial score (nSPS) is 11.6. The molecule has 0 radical (unpaired) electrons. The zero-order valence-electron chi connectivity index (χ0n) is 13.2. The number of halogens is 1. The van der Waals surface area contributed by atoms with Gasteiger partial charge in [-0.2, -0.15) is 0 Å². The average molecular weight is 370 g/mol. The standard InChI is InChI=1S/C19H18N2O.BrH/c1-3-22-16-10-8-14(9-11-16)18-13(2)21-12-15-6-4-5-7-17(15)19(21)20-18;/h4-11H,3,12H2,1-2H3;1H/p-1. The Balaban J connectivity index is 0.00000156. The summed E-state index contributed by atoms with van der Waals surface area (Å²) in [5, 5.41) is 0. The third-order valence-corrected chi connectivity index (χ3v) is 4.25. The number of fused-ring (bicyclic) bond motifs is 3. The monoisotopic (exact) mass is 369 g/mol. The molecule has 0 saturated heterocycles. The van der Waals surface area contributed by atoms with E-state index in [2.05, 4.69) is 47.9 Å². The molecule has 1 aliphatic rings. The largest absolute Gasteiger partial charge is 1.00 e. The van der Waals surface area contributed by atoms with Crippen LogP contribution >= 0.6 is 0 Å². The van der Waals surface area contributed by atoms with Gasteiger partial charge in [0, 0.05) is 16.8 Å². The third-order valence-electron chi connectivity index (χ3n) is 4.25.